The maximum absolute atomic E-state index is 11.2. The van der Waals surface area contributed by atoms with E-state index in [9.17, 15) is 9.59 Å². The lowest BCUT2D eigenvalue weighted by Gasteiger charge is -2.26. The Bertz CT molecular complexity index is 450. The average Bonchev–Trinajstić information content (AvgIpc) is 2.57. The van der Waals surface area contributed by atoms with E-state index >= 15 is 0 Å². The third-order valence-corrected chi connectivity index (χ3v) is 3.08. The molecule has 1 rings (SSSR count). The summed E-state index contributed by atoms with van der Waals surface area (Å²) in [5.41, 5.74) is -0.359. The molecule has 0 N–H and O–H groups in total. The number of carbonyl (C=O) groups excluding carboxylic acids is 1. The molecule has 0 aliphatic carbocycles. The molecule has 0 amide bonds. The van der Waals surface area contributed by atoms with Gasteiger partial charge in [-0.05, 0) is 5.92 Å². The summed E-state index contributed by atoms with van der Waals surface area (Å²) in [6.45, 7) is 9.15. The molecule has 17 heavy (non-hydrogen) atoms. The first kappa shape index (κ1) is 13.5. The molecule has 5 heteroatoms. The third kappa shape index (κ3) is 2.99. The first-order valence-corrected chi connectivity index (χ1v) is 5.51. The fourth-order valence-corrected chi connectivity index (χ4v) is 1.32. The van der Waals surface area contributed by atoms with Gasteiger partial charge in [0, 0.05) is 12.3 Å². The van der Waals surface area contributed by atoms with E-state index in [1.165, 1.54) is 6.92 Å². The number of rotatable bonds is 4. The van der Waals surface area contributed by atoms with Crippen LogP contribution in [0.3, 0.4) is 0 Å². The van der Waals surface area contributed by atoms with E-state index < -0.39 is 11.8 Å². The van der Waals surface area contributed by atoms with Crippen molar-refractivity contribution in [1.29, 1.82) is 0 Å². The Balaban J connectivity index is 3.07. The summed E-state index contributed by atoms with van der Waals surface area (Å²) in [5.74, 6) is -0.222. The third-order valence-electron chi connectivity index (χ3n) is 3.08. The zero-order chi connectivity index (χ0) is 13.2. The van der Waals surface area contributed by atoms with Gasteiger partial charge in [0.2, 0.25) is 0 Å². The maximum atomic E-state index is 11.2. The van der Waals surface area contributed by atoms with Gasteiger partial charge in [0.05, 0.1) is 0 Å². The van der Waals surface area contributed by atoms with Crippen LogP contribution in [-0.2, 0) is 21.6 Å². The smallest absolute Gasteiger partial charge is 0.458 e. The lowest BCUT2D eigenvalue weighted by Crippen LogP contribution is -2.25. The highest BCUT2D eigenvalue weighted by Crippen LogP contribution is 2.33. The zero-order valence-electron chi connectivity index (χ0n) is 10.8. The Morgan fingerprint density at radius 3 is 2.41 bits per heavy atom. The van der Waals surface area contributed by atoms with Crippen LogP contribution in [0.2, 0.25) is 0 Å². The Morgan fingerprint density at radius 2 is 1.94 bits per heavy atom. The molecule has 0 spiro atoms. The molecule has 1 aromatic rings. The molecule has 0 unspecified atom stereocenters. The summed E-state index contributed by atoms with van der Waals surface area (Å²) >= 11 is 0. The van der Waals surface area contributed by atoms with E-state index in [2.05, 4.69) is 0 Å². The van der Waals surface area contributed by atoms with Crippen molar-refractivity contribution in [3.05, 3.63) is 22.1 Å². The van der Waals surface area contributed by atoms with Crippen molar-refractivity contribution in [3.63, 3.8) is 0 Å². The van der Waals surface area contributed by atoms with E-state index in [1.54, 1.807) is 0 Å². The summed E-state index contributed by atoms with van der Waals surface area (Å²) < 4.78 is 14.8. The molecular weight excluding hydrogens is 224 g/mol. The predicted molar refractivity (Wildman–Crippen MR) is 60.6 cm³/mol. The van der Waals surface area contributed by atoms with E-state index in [-0.39, 0.29) is 23.7 Å². The van der Waals surface area contributed by atoms with Crippen LogP contribution < -0.4 is 5.82 Å². The topological polar surface area (TPSA) is 69.7 Å². The molecule has 0 fully saturated rings. The van der Waals surface area contributed by atoms with Crippen LogP contribution >= 0.6 is 0 Å². The highest BCUT2D eigenvalue weighted by molar-refractivity contribution is 5.65. The highest BCUT2D eigenvalue weighted by atomic mass is 16.6. The van der Waals surface area contributed by atoms with Crippen molar-refractivity contribution >= 4 is 5.97 Å². The molecule has 0 radical (unpaired) electrons. The molecule has 96 valence electrons. The van der Waals surface area contributed by atoms with Gasteiger partial charge in [0.25, 0.3) is 0 Å². The van der Waals surface area contributed by atoms with E-state index in [1.807, 2.05) is 27.7 Å². The molecule has 0 aliphatic heterocycles. The molecule has 0 saturated carbocycles. The normalized spacial score (nSPS) is 11.9. The fraction of sp³-hybridized carbons (Fsp3) is 0.667. The lowest BCUT2D eigenvalue weighted by molar-refractivity contribution is -0.142. The Hall–Kier alpha value is -1.52. The maximum Gasteiger partial charge on any atom is 0.519 e. The minimum atomic E-state index is -0.768. The van der Waals surface area contributed by atoms with Crippen LogP contribution in [0.5, 0.6) is 0 Å². The second-order valence-corrected chi connectivity index (χ2v) is 4.86. The first-order valence-electron chi connectivity index (χ1n) is 5.51. The van der Waals surface area contributed by atoms with Crippen LogP contribution in [0.1, 0.15) is 46.1 Å². The highest BCUT2D eigenvalue weighted by Gasteiger charge is 2.33. The van der Waals surface area contributed by atoms with Crippen LogP contribution in [0.15, 0.2) is 13.6 Å². The van der Waals surface area contributed by atoms with Crippen molar-refractivity contribution < 1.29 is 18.4 Å². The lowest BCUT2D eigenvalue weighted by atomic mass is 9.78. The number of ether oxygens (including phenoxy) is 1. The quantitative estimate of drug-likeness (QED) is 0.757. The Kier molecular flexibility index (Phi) is 3.80. The van der Waals surface area contributed by atoms with Crippen LogP contribution in [0.4, 0.5) is 0 Å². The number of hydrogen-bond acceptors (Lipinski definition) is 5. The van der Waals surface area contributed by atoms with E-state index in [0.29, 0.717) is 5.76 Å². The van der Waals surface area contributed by atoms with Gasteiger partial charge in [-0.3, -0.25) is 4.79 Å². The second kappa shape index (κ2) is 4.77. The first-order chi connectivity index (χ1) is 7.75. The van der Waals surface area contributed by atoms with Crippen molar-refractivity contribution in [1.82, 2.24) is 0 Å². The van der Waals surface area contributed by atoms with Gasteiger partial charge in [-0.2, -0.15) is 0 Å². The van der Waals surface area contributed by atoms with Gasteiger partial charge in [-0.25, -0.2) is 4.79 Å². The summed E-state index contributed by atoms with van der Waals surface area (Å²) in [6, 6.07) is 0. The van der Waals surface area contributed by atoms with E-state index in [4.69, 9.17) is 13.6 Å². The Labute approximate surface area is 99.8 Å². The van der Waals surface area contributed by atoms with Gasteiger partial charge in [-0.15, -0.1) is 0 Å². The number of esters is 1. The molecular formula is C12H18O5. The van der Waals surface area contributed by atoms with Crippen molar-refractivity contribution in [3.8, 4) is 0 Å². The van der Waals surface area contributed by atoms with Crippen LogP contribution in [0.25, 0.3) is 0 Å². The summed E-state index contributed by atoms with van der Waals surface area (Å²) in [4.78, 5) is 21.9. The van der Waals surface area contributed by atoms with Crippen LogP contribution in [0, 0.1) is 5.92 Å². The van der Waals surface area contributed by atoms with Crippen LogP contribution in [-0.4, -0.2) is 5.97 Å². The molecule has 5 nitrogen and oxygen atoms in total. The van der Waals surface area contributed by atoms with Gasteiger partial charge in [0.15, 0.2) is 18.1 Å². The molecule has 0 atom stereocenters. The van der Waals surface area contributed by atoms with Gasteiger partial charge in [0.1, 0.15) is 0 Å². The molecule has 0 saturated heterocycles. The standard InChI is InChI=1S/C12H18O5/c1-7(2)12(4,5)10-9(6-15-8(3)13)16-11(14)17-10/h7H,6H2,1-5H3. The summed E-state index contributed by atoms with van der Waals surface area (Å²) in [6.07, 6.45) is 0. The summed E-state index contributed by atoms with van der Waals surface area (Å²) in [5, 5.41) is 0. The largest absolute Gasteiger partial charge is 0.519 e. The zero-order valence-corrected chi connectivity index (χ0v) is 10.8. The monoisotopic (exact) mass is 242 g/mol. The second-order valence-electron chi connectivity index (χ2n) is 4.86. The van der Waals surface area contributed by atoms with E-state index in [0.717, 1.165) is 0 Å². The van der Waals surface area contributed by atoms with Gasteiger partial charge in [-0.1, -0.05) is 27.7 Å². The molecule has 1 heterocycles. The molecule has 0 bridgehead atoms. The van der Waals surface area contributed by atoms with Gasteiger partial charge < -0.3 is 13.6 Å². The predicted octanol–water partition coefficient (Wildman–Crippen LogP) is 2.23. The van der Waals surface area contributed by atoms with Crippen molar-refractivity contribution in [2.75, 3.05) is 0 Å². The fourth-order valence-electron chi connectivity index (χ4n) is 1.32. The SMILES string of the molecule is CC(=O)OCc1oc(=O)oc1C(C)(C)C(C)C. The number of carbonyl (C=O) groups is 1. The summed E-state index contributed by atoms with van der Waals surface area (Å²) in [7, 11) is 0. The minimum Gasteiger partial charge on any atom is -0.458 e. The molecule has 1 aromatic heterocycles. The average molecular weight is 242 g/mol. The molecule has 0 aliphatic rings. The Morgan fingerprint density at radius 1 is 1.35 bits per heavy atom. The van der Waals surface area contributed by atoms with Crippen molar-refractivity contribution in [2.24, 2.45) is 5.92 Å². The van der Waals surface area contributed by atoms with Crippen molar-refractivity contribution in [2.45, 2.75) is 46.6 Å². The van der Waals surface area contributed by atoms with Gasteiger partial charge >= 0.3 is 11.8 Å². The number of hydrogen-bond donors (Lipinski definition) is 0. The minimum absolute atomic E-state index is 0.0768. The molecule has 0 aromatic carbocycles.